The largest absolute Gasteiger partial charge is 0.394 e. The van der Waals surface area contributed by atoms with Crippen molar-refractivity contribution >= 4 is 0 Å². The Morgan fingerprint density at radius 2 is 0.482 bits per heavy atom. The number of hydrogen-bond acceptors (Lipinski definition) is 15. The third-order valence-corrected chi connectivity index (χ3v) is 7.26. The molecule has 56 heavy (non-hydrogen) atoms. The van der Waals surface area contributed by atoms with Gasteiger partial charge in [0.05, 0.1) is 38.1 Å². The summed E-state index contributed by atoms with van der Waals surface area (Å²) in [6.07, 6.45) is -9.93. The highest BCUT2D eigenvalue weighted by Gasteiger charge is 2.43. The van der Waals surface area contributed by atoms with Crippen LogP contribution in [0, 0.1) is 17.8 Å². The van der Waals surface area contributed by atoms with Crippen LogP contribution in [0.5, 0.6) is 0 Å². The van der Waals surface area contributed by atoms with Gasteiger partial charge in [0.15, 0.2) is 18.9 Å². The lowest BCUT2D eigenvalue weighted by atomic mass is 9.93. The zero-order chi connectivity index (χ0) is 38.0. The van der Waals surface area contributed by atoms with E-state index in [1.807, 2.05) is 55.4 Å². The van der Waals surface area contributed by atoms with Crippen LogP contribution in [-0.2, 0) is 28.4 Å². The number of ether oxygens (including phenoxy) is 6. The van der Waals surface area contributed by atoms with Crippen LogP contribution in [-0.4, -0.2) is 161 Å². The molecule has 3 rings (SSSR count). The van der Waals surface area contributed by atoms with Crippen molar-refractivity contribution in [2.75, 3.05) is 41.2 Å². The molecule has 3 aliphatic heterocycles. The van der Waals surface area contributed by atoms with Gasteiger partial charge in [0.1, 0.15) is 36.6 Å². The lowest BCUT2D eigenvalue weighted by Crippen LogP contribution is -2.55. The first-order chi connectivity index (χ1) is 22.3. The molecule has 0 radical (unpaired) electrons. The maximum Gasteiger partial charge on any atom is 0.162 e. The van der Waals surface area contributed by atoms with E-state index in [0.717, 1.165) is 0 Å². The Morgan fingerprint density at radius 3 is 0.589 bits per heavy atom. The highest BCUT2D eigenvalue weighted by Crippen LogP contribution is 2.27. The SMILES string of the molecule is C.C.C.C.C.C.C.C.C.CC.CC.CC.CC.COC1OC(CO)C(O)C(O)C1C.COC1OC(CO)C(O)C(O)C1C.COC1OC(CO)C(O)C(O)C1C. The predicted octanol–water partition coefficient (Wildman–Crippen LogP) is 5.95. The Labute approximate surface area is 349 Å². The van der Waals surface area contributed by atoms with Gasteiger partial charge in [-0.25, -0.2) is 0 Å². The van der Waals surface area contributed by atoms with Crippen molar-refractivity contribution in [2.45, 2.75) is 217 Å². The van der Waals surface area contributed by atoms with Crippen LogP contribution >= 0.6 is 0 Å². The first-order valence-electron chi connectivity index (χ1n) is 16.8. The number of aliphatic hydroxyl groups excluding tert-OH is 9. The van der Waals surface area contributed by atoms with E-state index < -0.39 is 73.8 Å². The minimum atomic E-state index is -1.05. The van der Waals surface area contributed by atoms with Gasteiger partial charge in [0, 0.05) is 39.1 Å². The van der Waals surface area contributed by atoms with E-state index in [-0.39, 0.29) is 104 Å². The zero-order valence-electron chi connectivity index (χ0n) is 31.3. The Balaban J connectivity index is -0.0000000384. The first-order valence-corrected chi connectivity index (χ1v) is 16.8. The number of hydrogen-bond donors (Lipinski definition) is 9. The standard InChI is InChI=1S/3C8H16O5.4C2H6.9CH4/c3*1-4-6(10)7(11)5(3-9)13-8(4)12-2;4*1-2;;;;;;;;;/h3*4-11H,3H2,1-2H3;4*1-2H3;9*1H4. The molecule has 15 unspecified atom stereocenters. The maximum atomic E-state index is 9.53. The van der Waals surface area contributed by atoms with Crippen molar-refractivity contribution in [1.82, 2.24) is 0 Å². The molecule has 0 amide bonds. The first kappa shape index (κ1) is 91.2. The fourth-order valence-corrected chi connectivity index (χ4v) is 4.47. The summed E-state index contributed by atoms with van der Waals surface area (Å²) < 4.78 is 30.4. The quantitative estimate of drug-likeness (QED) is 0.150. The smallest absolute Gasteiger partial charge is 0.162 e. The molecular formula is C41H108O15. The van der Waals surface area contributed by atoms with Crippen molar-refractivity contribution in [3.8, 4) is 0 Å². The summed E-state index contributed by atoms with van der Waals surface area (Å²) >= 11 is 0. The minimum absolute atomic E-state index is 0. The highest BCUT2D eigenvalue weighted by molar-refractivity contribution is 4.88. The summed E-state index contributed by atoms with van der Waals surface area (Å²) in [5.74, 6) is -0.909. The van der Waals surface area contributed by atoms with Crippen molar-refractivity contribution < 1.29 is 74.4 Å². The summed E-state index contributed by atoms with van der Waals surface area (Å²) in [5.41, 5.74) is 0. The molecular weight excluding hydrogens is 732 g/mol. The van der Waals surface area contributed by atoms with Crippen molar-refractivity contribution in [2.24, 2.45) is 17.8 Å². The topological polar surface area (TPSA) is 237 Å². The van der Waals surface area contributed by atoms with E-state index in [1.54, 1.807) is 20.8 Å². The Hall–Kier alpha value is -0.600. The third kappa shape index (κ3) is 28.8. The average molecular weight is 841 g/mol. The van der Waals surface area contributed by atoms with Gasteiger partial charge in [0.25, 0.3) is 0 Å². The Bertz CT molecular complexity index is 523. The molecule has 0 aromatic carbocycles. The molecule has 15 nitrogen and oxygen atoms in total. The minimum Gasteiger partial charge on any atom is -0.394 e. The van der Waals surface area contributed by atoms with E-state index in [9.17, 15) is 30.6 Å². The highest BCUT2D eigenvalue weighted by atomic mass is 16.7. The molecule has 0 aliphatic carbocycles. The average Bonchev–Trinajstić information content (AvgIpc) is 3.13. The van der Waals surface area contributed by atoms with Gasteiger partial charge in [0.2, 0.25) is 0 Å². The molecule has 0 saturated carbocycles. The fraction of sp³-hybridized carbons (Fsp3) is 1.00. The van der Waals surface area contributed by atoms with Gasteiger partial charge >= 0.3 is 0 Å². The van der Waals surface area contributed by atoms with Crippen molar-refractivity contribution in [1.29, 1.82) is 0 Å². The second kappa shape index (κ2) is 54.4. The summed E-state index contributed by atoms with van der Waals surface area (Å²) in [5, 5.41) is 83.4. The van der Waals surface area contributed by atoms with Crippen molar-refractivity contribution in [3.63, 3.8) is 0 Å². The van der Waals surface area contributed by atoms with Crippen molar-refractivity contribution in [3.05, 3.63) is 0 Å². The number of rotatable bonds is 6. The second-order valence-corrected chi connectivity index (χ2v) is 9.90. The molecule has 0 bridgehead atoms. The molecule has 9 N–H and O–H groups in total. The van der Waals surface area contributed by atoms with Crippen LogP contribution in [0.1, 0.15) is 143 Å². The van der Waals surface area contributed by atoms with E-state index in [0.29, 0.717) is 0 Å². The molecule has 15 atom stereocenters. The maximum absolute atomic E-state index is 9.53. The van der Waals surface area contributed by atoms with Gasteiger partial charge in [-0.2, -0.15) is 0 Å². The van der Waals surface area contributed by atoms with Gasteiger partial charge < -0.3 is 74.4 Å². The van der Waals surface area contributed by atoms with Gasteiger partial charge in [-0.05, 0) is 0 Å². The zero-order valence-corrected chi connectivity index (χ0v) is 31.3. The van der Waals surface area contributed by atoms with E-state index >= 15 is 0 Å². The molecule has 3 aliphatic rings. The molecule has 0 spiro atoms. The van der Waals surface area contributed by atoms with E-state index in [2.05, 4.69) is 0 Å². The second-order valence-electron chi connectivity index (χ2n) is 9.90. The molecule has 362 valence electrons. The van der Waals surface area contributed by atoms with Crippen LogP contribution in [0.2, 0.25) is 0 Å². The van der Waals surface area contributed by atoms with Crippen LogP contribution in [0.4, 0.5) is 0 Å². The Morgan fingerprint density at radius 1 is 0.339 bits per heavy atom. The van der Waals surface area contributed by atoms with Crippen LogP contribution in [0.15, 0.2) is 0 Å². The normalized spacial score (nSPS) is 32.7. The number of methoxy groups -OCH3 is 3. The van der Waals surface area contributed by atoms with Crippen LogP contribution < -0.4 is 0 Å². The van der Waals surface area contributed by atoms with E-state index in [1.165, 1.54) is 21.3 Å². The van der Waals surface area contributed by atoms with Crippen LogP contribution in [0.25, 0.3) is 0 Å². The lowest BCUT2D eigenvalue weighted by Gasteiger charge is -2.40. The molecule has 0 aromatic heterocycles. The molecule has 3 heterocycles. The molecule has 3 saturated heterocycles. The summed E-state index contributed by atoms with van der Waals surface area (Å²) in [6.45, 7) is 20.2. The van der Waals surface area contributed by atoms with Gasteiger partial charge in [-0.3, -0.25) is 0 Å². The monoisotopic (exact) mass is 841 g/mol. The molecule has 3 fully saturated rings. The summed E-state index contributed by atoms with van der Waals surface area (Å²) in [6, 6.07) is 0. The fourth-order valence-electron chi connectivity index (χ4n) is 4.47. The molecule has 15 heteroatoms. The summed E-state index contributed by atoms with van der Waals surface area (Å²) in [7, 11) is 4.38. The lowest BCUT2D eigenvalue weighted by molar-refractivity contribution is -0.274. The predicted molar refractivity (Wildman–Crippen MR) is 238 cm³/mol. The molecule has 0 aromatic rings. The third-order valence-electron chi connectivity index (χ3n) is 7.26. The number of aliphatic hydroxyl groups is 9. The van der Waals surface area contributed by atoms with Gasteiger partial charge in [-0.15, -0.1) is 0 Å². The van der Waals surface area contributed by atoms with Crippen LogP contribution in [0.3, 0.4) is 0 Å². The Kier molecular flexibility index (Phi) is 88.6. The summed E-state index contributed by atoms with van der Waals surface area (Å²) in [4.78, 5) is 0. The van der Waals surface area contributed by atoms with Gasteiger partial charge in [-0.1, -0.05) is 143 Å². The van der Waals surface area contributed by atoms with E-state index in [4.69, 9.17) is 43.7 Å².